The van der Waals surface area contributed by atoms with E-state index in [-0.39, 0.29) is 6.29 Å². The first kappa shape index (κ1) is 11.7. The maximum Gasteiger partial charge on any atom is 0.223 e. The first-order chi connectivity index (χ1) is 8.25. The summed E-state index contributed by atoms with van der Waals surface area (Å²) in [6.07, 6.45) is 7.69. The SMILES string of the molecule is C=C[C@]12CC[C@H]3CCCC[C@@]3(OO1)[C@@H](OC)O2. The predicted octanol–water partition coefficient (Wildman–Crippen LogP) is 2.54. The van der Waals surface area contributed by atoms with E-state index < -0.39 is 11.4 Å². The summed E-state index contributed by atoms with van der Waals surface area (Å²) in [5, 5.41) is 0. The lowest BCUT2D eigenvalue weighted by Gasteiger charge is -2.49. The molecule has 0 N–H and O–H groups in total. The molecule has 1 saturated carbocycles. The normalized spacial score (nSPS) is 49.5. The molecule has 0 radical (unpaired) electrons. The van der Waals surface area contributed by atoms with Gasteiger partial charge >= 0.3 is 0 Å². The molecule has 0 aromatic heterocycles. The molecule has 4 aliphatic rings. The van der Waals surface area contributed by atoms with Crippen molar-refractivity contribution in [2.75, 3.05) is 7.11 Å². The lowest BCUT2D eigenvalue weighted by molar-refractivity contribution is -0.539. The van der Waals surface area contributed by atoms with Gasteiger partial charge in [-0.3, -0.25) is 0 Å². The van der Waals surface area contributed by atoms with Crippen LogP contribution >= 0.6 is 0 Å². The summed E-state index contributed by atoms with van der Waals surface area (Å²) in [4.78, 5) is 11.3. The molecule has 0 unspecified atom stereocenters. The van der Waals surface area contributed by atoms with Gasteiger partial charge in [-0.05, 0) is 31.3 Å². The van der Waals surface area contributed by atoms with Crippen molar-refractivity contribution in [3.8, 4) is 0 Å². The van der Waals surface area contributed by atoms with Crippen molar-refractivity contribution in [2.24, 2.45) is 5.92 Å². The summed E-state index contributed by atoms with van der Waals surface area (Å²) < 4.78 is 11.5. The van der Waals surface area contributed by atoms with Gasteiger partial charge in [-0.15, -0.1) is 0 Å². The Balaban J connectivity index is 1.97. The zero-order valence-corrected chi connectivity index (χ0v) is 10.3. The Morgan fingerprint density at radius 2 is 2.12 bits per heavy atom. The van der Waals surface area contributed by atoms with Crippen LogP contribution in [0.5, 0.6) is 0 Å². The molecule has 96 valence electrons. The quantitative estimate of drug-likeness (QED) is 0.549. The van der Waals surface area contributed by atoms with Crippen molar-refractivity contribution in [2.45, 2.75) is 56.2 Å². The van der Waals surface area contributed by atoms with Crippen molar-refractivity contribution in [3.05, 3.63) is 12.7 Å². The predicted molar refractivity (Wildman–Crippen MR) is 60.9 cm³/mol. The fourth-order valence-electron chi connectivity index (χ4n) is 3.44. The van der Waals surface area contributed by atoms with Crippen LogP contribution in [0.2, 0.25) is 0 Å². The van der Waals surface area contributed by atoms with Gasteiger partial charge in [0.2, 0.25) is 5.79 Å². The number of hydrogen-bond donors (Lipinski definition) is 0. The van der Waals surface area contributed by atoms with E-state index in [1.54, 1.807) is 13.2 Å². The third kappa shape index (κ3) is 1.58. The molecule has 4 rings (SSSR count). The highest BCUT2D eigenvalue weighted by Crippen LogP contribution is 2.52. The highest BCUT2D eigenvalue weighted by Gasteiger charge is 2.60. The van der Waals surface area contributed by atoms with E-state index in [0.29, 0.717) is 5.92 Å². The van der Waals surface area contributed by atoms with E-state index in [2.05, 4.69) is 6.58 Å². The largest absolute Gasteiger partial charge is 0.353 e. The van der Waals surface area contributed by atoms with Crippen molar-refractivity contribution in [1.29, 1.82) is 0 Å². The highest BCUT2D eigenvalue weighted by molar-refractivity contribution is 5.03. The summed E-state index contributed by atoms with van der Waals surface area (Å²) in [7, 11) is 1.67. The Kier molecular flexibility index (Phi) is 2.78. The molecule has 4 atom stereocenters. The van der Waals surface area contributed by atoms with E-state index in [0.717, 1.165) is 25.7 Å². The van der Waals surface area contributed by atoms with Gasteiger partial charge < -0.3 is 9.47 Å². The fourth-order valence-corrected chi connectivity index (χ4v) is 3.44. The standard InChI is InChI=1S/C13H20O4/c1-3-12-9-7-10-6-4-5-8-13(10,17-16-12)11(14-2)15-12/h3,10-11H,1,4-9H2,2H3/t10-,11+,12-,13+/m1/s1. The van der Waals surface area contributed by atoms with Gasteiger partial charge in [0.05, 0.1) is 0 Å². The third-order valence-corrected chi connectivity index (χ3v) is 4.47. The van der Waals surface area contributed by atoms with Crippen molar-refractivity contribution >= 4 is 0 Å². The second-order valence-corrected chi connectivity index (χ2v) is 5.30. The number of hydrogen-bond acceptors (Lipinski definition) is 4. The van der Waals surface area contributed by atoms with Crippen molar-refractivity contribution < 1.29 is 19.2 Å². The first-order valence-corrected chi connectivity index (χ1v) is 6.46. The molecule has 4 heteroatoms. The van der Waals surface area contributed by atoms with E-state index in [1.165, 1.54) is 12.8 Å². The molecular weight excluding hydrogens is 220 g/mol. The van der Waals surface area contributed by atoms with Gasteiger partial charge in [-0.25, -0.2) is 4.89 Å². The summed E-state index contributed by atoms with van der Waals surface area (Å²) in [5.41, 5.74) is -0.407. The average molecular weight is 240 g/mol. The Morgan fingerprint density at radius 1 is 1.24 bits per heavy atom. The summed E-state index contributed by atoms with van der Waals surface area (Å²) in [6.45, 7) is 3.79. The molecule has 3 saturated heterocycles. The maximum absolute atomic E-state index is 5.97. The summed E-state index contributed by atoms with van der Waals surface area (Å²) >= 11 is 0. The van der Waals surface area contributed by atoms with Crippen LogP contribution < -0.4 is 0 Å². The number of fused-ring (bicyclic) bond motifs is 3. The molecule has 17 heavy (non-hydrogen) atoms. The monoisotopic (exact) mass is 240 g/mol. The van der Waals surface area contributed by atoms with E-state index in [9.17, 15) is 0 Å². The Hall–Kier alpha value is -0.420. The molecule has 0 amide bonds. The van der Waals surface area contributed by atoms with Crippen LogP contribution in [-0.2, 0) is 19.2 Å². The van der Waals surface area contributed by atoms with E-state index >= 15 is 0 Å². The van der Waals surface area contributed by atoms with Gasteiger partial charge in [-0.1, -0.05) is 19.4 Å². The third-order valence-electron chi connectivity index (χ3n) is 4.47. The van der Waals surface area contributed by atoms with Crippen LogP contribution in [0, 0.1) is 5.92 Å². The molecule has 4 fully saturated rings. The fraction of sp³-hybridized carbons (Fsp3) is 0.846. The smallest absolute Gasteiger partial charge is 0.223 e. The Bertz CT molecular complexity index is 315. The zero-order chi connectivity index (χ0) is 11.9. The van der Waals surface area contributed by atoms with Gasteiger partial charge in [0.1, 0.15) is 0 Å². The number of methoxy groups -OCH3 is 1. The molecule has 1 aliphatic carbocycles. The lowest BCUT2D eigenvalue weighted by atomic mass is 9.73. The van der Waals surface area contributed by atoms with Gasteiger partial charge in [0, 0.05) is 13.5 Å². The van der Waals surface area contributed by atoms with Crippen LogP contribution in [0.1, 0.15) is 38.5 Å². The van der Waals surface area contributed by atoms with Gasteiger partial charge in [0.15, 0.2) is 11.9 Å². The van der Waals surface area contributed by atoms with Crippen LogP contribution in [0.25, 0.3) is 0 Å². The van der Waals surface area contributed by atoms with Crippen LogP contribution in [0.4, 0.5) is 0 Å². The minimum atomic E-state index is -0.816. The van der Waals surface area contributed by atoms with Crippen molar-refractivity contribution in [3.63, 3.8) is 0 Å². The maximum atomic E-state index is 5.97. The molecular formula is C13H20O4. The molecule has 3 aliphatic heterocycles. The van der Waals surface area contributed by atoms with Crippen molar-refractivity contribution in [1.82, 2.24) is 0 Å². The number of ether oxygens (including phenoxy) is 2. The molecule has 4 nitrogen and oxygen atoms in total. The average Bonchev–Trinajstić information content (AvgIpc) is 2.64. The highest BCUT2D eigenvalue weighted by atomic mass is 17.3. The summed E-state index contributed by atoms with van der Waals surface area (Å²) in [5.74, 6) is -0.353. The van der Waals surface area contributed by atoms with Crippen LogP contribution in [-0.4, -0.2) is 24.8 Å². The molecule has 2 bridgehead atoms. The van der Waals surface area contributed by atoms with E-state index in [4.69, 9.17) is 19.2 Å². The van der Waals surface area contributed by atoms with Gasteiger partial charge in [0.25, 0.3) is 0 Å². The second-order valence-electron chi connectivity index (χ2n) is 5.30. The molecule has 0 aromatic carbocycles. The minimum absolute atomic E-state index is 0.345. The Morgan fingerprint density at radius 3 is 2.88 bits per heavy atom. The topological polar surface area (TPSA) is 36.9 Å². The van der Waals surface area contributed by atoms with Gasteiger partial charge in [-0.2, -0.15) is 4.89 Å². The lowest BCUT2D eigenvalue weighted by Crippen LogP contribution is -2.59. The first-order valence-electron chi connectivity index (χ1n) is 6.46. The van der Waals surface area contributed by atoms with Crippen LogP contribution in [0.15, 0.2) is 12.7 Å². The Labute approximate surface area is 102 Å². The molecule has 3 heterocycles. The summed E-state index contributed by atoms with van der Waals surface area (Å²) in [6, 6.07) is 0. The molecule has 1 spiro atoms. The van der Waals surface area contributed by atoms with E-state index in [1.807, 2.05) is 0 Å². The zero-order valence-electron chi connectivity index (χ0n) is 10.3. The number of rotatable bonds is 2. The molecule has 0 aromatic rings. The second kappa shape index (κ2) is 4.05. The van der Waals surface area contributed by atoms with Crippen LogP contribution in [0.3, 0.4) is 0 Å². The minimum Gasteiger partial charge on any atom is -0.353 e.